The number of carbonyl (C=O) groups excluding carboxylic acids is 1. The number of aromatic carboxylic acids is 1. The molecule has 1 aliphatic heterocycles. The molecule has 1 saturated carbocycles. The summed E-state index contributed by atoms with van der Waals surface area (Å²) in [6, 6.07) is 11.4. The standard InChI is InChI=1S/C23H27NO5S/c1-15-7-9-23(10-8-15,14-19-28-11-12-29-19)22(27)24-17-13-18(30-20(17)21(25)26)16-5-3-2-4-6-16/h2-6,13,15,19H,7-12,14H2,1H3,(H,24,27)(H,25,26). The van der Waals surface area contributed by atoms with Crippen molar-refractivity contribution in [2.24, 2.45) is 11.3 Å². The molecule has 0 bridgehead atoms. The molecule has 0 atom stereocenters. The molecule has 1 aliphatic carbocycles. The summed E-state index contributed by atoms with van der Waals surface area (Å²) in [5, 5.41) is 12.7. The Morgan fingerprint density at radius 3 is 2.47 bits per heavy atom. The molecule has 1 aromatic carbocycles. The zero-order valence-corrected chi connectivity index (χ0v) is 17.9. The van der Waals surface area contributed by atoms with E-state index in [1.54, 1.807) is 6.07 Å². The molecular formula is C23H27NO5S. The van der Waals surface area contributed by atoms with E-state index in [1.807, 2.05) is 30.3 Å². The van der Waals surface area contributed by atoms with Gasteiger partial charge >= 0.3 is 5.97 Å². The van der Waals surface area contributed by atoms with Gasteiger partial charge in [0.15, 0.2) is 6.29 Å². The maximum atomic E-state index is 13.5. The molecular weight excluding hydrogens is 402 g/mol. The summed E-state index contributed by atoms with van der Waals surface area (Å²) in [7, 11) is 0. The number of rotatable bonds is 6. The highest BCUT2D eigenvalue weighted by Crippen LogP contribution is 2.45. The monoisotopic (exact) mass is 429 g/mol. The normalized spacial score (nSPS) is 24.6. The predicted molar refractivity (Wildman–Crippen MR) is 116 cm³/mol. The van der Waals surface area contributed by atoms with E-state index in [4.69, 9.17) is 9.47 Å². The van der Waals surface area contributed by atoms with Crippen molar-refractivity contribution in [1.82, 2.24) is 0 Å². The summed E-state index contributed by atoms with van der Waals surface area (Å²) < 4.78 is 11.3. The Hall–Kier alpha value is -2.22. The highest BCUT2D eigenvalue weighted by Gasteiger charge is 2.44. The Morgan fingerprint density at radius 1 is 1.17 bits per heavy atom. The largest absolute Gasteiger partial charge is 0.477 e. The highest BCUT2D eigenvalue weighted by molar-refractivity contribution is 7.18. The number of thiophene rings is 1. The van der Waals surface area contributed by atoms with Gasteiger partial charge in [0, 0.05) is 11.3 Å². The van der Waals surface area contributed by atoms with Crippen LogP contribution in [0.25, 0.3) is 10.4 Å². The summed E-state index contributed by atoms with van der Waals surface area (Å²) in [5.74, 6) is -0.587. The van der Waals surface area contributed by atoms with Crippen LogP contribution in [-0.4, -0.2) is 36.5 Å². The predicted octanol–water partition coefficient (Wildman–Crippen LogP) is 5.01. The average molecular weight is 430 g/mol. The third-order valence-electron chi connectivity index (χ3n) is 6.19. The minimum Gasteiger partial charge on any atom is -0.477 e. The van der Waals surface area contributed by atoms with E-state index in [0.717, 1.165) is 36.1 Å². The Kier molecular flexibility index (Phi) is 6.22. The topological polar surface area (TPSA) is 84.9 Å². The van der Waals surface area contributed by atoms with Crippen LogP contribution >= 0.6 is 11.3 Å². The zero-order chi connectivity index (χ0) is 21.1. The summed E-state index contributed by atoms with van der Waals surface area (Å²) >= 11 is 1.18. The van der Waals surface area contributed by atoms with E-state index in [9.17, 15) is 14.7 Å². The van der Waals surface area contributed by atoms with E-state index in [0.29, 0.717) is 31.2 Å². The second-order valence-corrected chi connectivity index (χ2v) is 9.37. The summed E-state index contributed by atoms with van der Waals surface area (Å²) in [5.41, 5.74) is 0.689. The van der Waals surface area contributed by atoms with Crippen LogP contribution in [0.2, 0.25) is 0 Å². The molecule has 2 aliphatic rings. The molecule has 0 radical (unpaired) electrons. The van der Waals surface area contributed by atoms with Crippen molar-refractivity contribution in [2.45, 2.75) is 45.3 Å². The SMILES string of the molecule is CC1CCC(CC2OCCO2)(C(=O)Nc2cc(-c3ccccc3)sc2C(=O)O)CC1. The van der Waals surface area contributed by atoms with Gasteiger partial charge in [0.25, 0.3) is 0 Å². The van der Waals surface area contributed by atoms with Crippen LogP contribution in [0.15, 0.2) is 36.4 Å². The van der Waals surface area contributed by atoms with E-state index >= 15 is 0 Å². The van der Waals surface area contributed by atoms with Gasteiger partial charge in [0.05, 0.1) is 24.3 Å². The smallest absolute Gasteiger partial charge is 0.348 e. The van der Waals surface area contributed by atoms with Crippen molar-refractivity contribution in [3.63, 3.8) is 0 Å². The number of nitrogens with one attached hydrogen (secondary N) is 1. The molecule has 0 spiro atoms. The molecule has 1 amide bonds. The number of anilines is 1. The maximum absolute atomic E-state index is 13.5. The fourth-order valence-electron chi connectivity index (χ4n) is 4.33. The highest BCUT2D eigenvalue weighted by atomic mass is 32.1. The average Bonchev–Trinajstić information content (AvgIpc) is 3.40. The molecule has 7 heteroatoms. The minimum atomic E-state index is -1.04. The lowest BCUT2D eigenvalue weighted by atomic mass is 9.68. The van der Waals surface area contributed by atoms with Gasteiger partial charge in [-0.1, -0.05) is 37.3 Å². The van der Waals surface area contributed by atoms with Crippen molar-refractivity contribution in [3.8, 4) is 10.4 Å². The van der Waals surface area contributed by atoms with Gasteiger partial charge in [0.2, 0.25) is 5.91 Å². The summed E-state index contributed by atoms with van der Waals surface area (Å²) in [6.07, 6.45) is 3.56. The first-order valence-electron chi connectivity index (χ1n) is 10.4. The molecule has 4 rings (SSSR count). The lowest BCUT2D eigenvalue weighted by molar-refractivity contribution is -0.137. The van der Waals surface area contributed by atoms with Crippen molar-refractivity contribution in [1.29, 1.82) is 0 Å². The van der Waals surface area contributed by atoms with Gasteiger partial charge in [-0.2, -0.15) is 0 Å². The number of carbonyl (C=O) groups is 2. The number of ether oxygens (including phenoxy) is 2. The number of benzene rings is 1. The van der Waals surface area contributed by atoms with Gasteiger partial charge in [-0.05, 0) is 43.2 Å². The Bertz CT molecular complexity index is 896. The Labute approximate surface area is 180 Å². The second kappa shape index (κ2) is 8.88. The van der Waals surface area contributed by atoms with Gasteiger partial charge in [-0.3, -0.25) is 4.79 Å². The van der Waals surface area contributed by atoms with Gasteiger partial charge in [0.1, 0.15) is 4.88 Å². The minimum absolute atomic E-state index is 0.131. The molecule has 6 nitrogen and oxygen atoms in total. The van der Waals surface area contributed by atoms with Gasteiger partial charge in [-0.15, -0.1) is 11.3 Å². The lowest BCUT2D eigenvalue weighted by Crippen LogP contribution is -2.42. The van der Waals surface area contributed by atoms with Crippen molar-refractivity contribution >= 4 is 28.9 Å². The van der Waals surface area contributed by atoms with E-state index in [-0.39, 0.29) is 17.1 Å². The van der Waals surface area contributed by atoms with Crippen LogP contribution < -0.4 is 5.32 Å². The van der Waals surface area contributed by atoms with E-state index < -0.39 is 11.4 Å². The Morgan fingerprint density at radius 2 is 1.83 bits per heavy atom. The quantitative estimate of drug-likeness (QED) is 0.674. The number of hydrogen-bond acceptors (Lipinski definition) is 5. The number of carboxylic acid groups (broad SMARTS) is 1. The van der Waals surface area contributed by atoms with Crippen LogP contribution in [0.5, 0.6) is 0 Å². The van der Waals surface area contributed by atoms with E-state index in [1.165, 1.54) is 11.3 Å². The first-order chi connectivity index (χ1) is 14.5. The van der Waals surface area contributed by atoms with Gasteiger partial charge < -0.3 is 19.9 Å². The summed E-state index contributed by atoms with van der Waals surface area (Å²) in [6.45, 7) is 3.30. The Balaban J connectivity index is 1.60. The van der Waals surface area contributed by atoms with Crippen LogP contribution in [0.3, 0.4) is 0 Å². The molecule has 0 unspecified atom stereocenters. The molecule has 1 aromatic heterocycles. The van der Waals surface area contributed by atoms with Crippen LogP contribution in [0.4, 0.5) is 5.69 Å². The fourth-order valence-corrected chi connectivity index (χ4v) is 5.28. The number of hydrogen-bond donors (Lipinski definition) is 2. The number of amides is 1. The van der Waals surface area contributed by atoms with E-state index in [2.05, 4.69) is 12.2 Å². The molecule has 2 aromatic rings. The molecule has 160 valence electrons. The fraction of sp³-hybridized carbons (Fsp3) is 0.478. The van der Waals surface area contributed by atoms with Gasteiger partial charge in [-0.25, -0.2) is 4.79 Å². The van der Waals surface area contributed by atoms with Crippen molar-refractivity contribution < 1.29 is 24.2 Å². The maximum Gasteiger partial charge on any atom is 0.348 e. The number of carboxylic acids is 1. The molecule has 2 N–H and O–H groups in total. The third-order valence-corrected chi connectivity index (χ3v) is 7.37. The van der Waals surface area contributed by atoms with Crippen LogP contribution in [-0.2, 0) is 14.3 Å². The zero-order valence-electron chi connectivity index (χ0n) is 17.1. The molecule has 1 saturated heterocycles. The first-order valence-corrected chi connectivity index (χ1v) is 11.3. The molecule has 2 fully saturated rings. The second-order valence-electron chi connectivity index (χ2n) is 8.32. The van der Waals surface area contributed by atoms with Crippen molar-refractivity contribution in [3.05, 3.63) is 41.3 Å². The van der Waals surface area contributed by atoms with Crippen LogP contribution in [0.1, 0.15) is 48.7 Å². The summed E-state index contributed by atoms with van der Waals surface area (Å²) in [4.78, 5) is 26.3. The van der Waals surface area contributed by atoms with Crippen molar-refractivity contribution in [2.75, 3.05) is 18.5 Å². The molecule has 2 heterocycles. The third kappa shape index (κ3) is 4.43. The van der Waals surface area contributed by atoms with Crippen LogP contribution in [0, 0.1) is 11.3 Å². The lowest BCUT2D eigenvalue weighted by Gasteiger charge is -2.39. The first kappa shape index (κ1) is 21.0. The molecule has 30 heavy (non-hydrogen) atoms.